The summed E-state index contributed by atoms with van der Waals surface area (Å²) in [6.45, 7) is 5.22. The van der Waals surface area contributed by atoms with Gasteiger partial charge in [-0.2, -0.15) is 0 Å². The summed E-state index contributed by atoms with van der Waals surface area (Å²) in [4.78, 5) is 16.0. The molecule has 0 unspecified atom stereocenters. The predicted molar refractivity (Wildman–Crippen MR) is 148 cm³/mol. The summed E-state index contributed by atoms with van der Waals surface area (Å²) in [5.41, 5.74) is 3.15. The number of nitrogens with zero attached hydrogens (tertiary/aromatic N) is 4. The van der Waals surface area contributed by atoms with Gasteiger partial charge in [0.15, 0.2) is 5.16 Å². The van der Waals surface area contributed by atoms with Gasteiger partial charge in [-0.25, -0.2) is 4.40 Å². The summed E-state index contributed by atoms with van der Waals surface area (Å²) in [7, 11) is 1.67. The van der Waals surface area contributed by atoms with Crippen LogP contribution in [0.15, 0.2) is 64.5 Å². The van der Waals surface area contributed by atoms with E-state index in [9.17, 15) is 4.79 Å². The highest BCUT2D eigenvalue weighted by atomic mass is 32.2. The normalized spacial score (nSPS) is 14.8. The SMILES string of the molecule is COc1ccc(CSc2nnc3n(CCc4ccccc4)c(=O)c4c5c(sc4n23)COC(C)(C)C5)cc1. The van der Waals surface area contributed by atoms with Crippen LogP contribution in [0.2, 0.25) is 0 Å². The smallest absolute Gasteiger partial charge is 0.263 e. The lowest BCUT2D eigenvalue weighted by Gasteiger charge is -2.29. The lowest BCUT2D eigenvalue weighted by atomic mass is 9.94. The van der Waals surface area contributed by atoms with Crippen LogP contribution in [0.1, 0.15) is 35.4 Å². The standard InChI is InChI=1S/C28H28N4O3S2/c1-28(2)15-21-22(16-35-28)37-25-23(21)24(33)31(14-13-18-7-5-4-6-8-18)26-29-30-27(32(25)26)36-17-19-9-11-20(34-3)12-10-19/h4-12H,13-17H2,1-3H3. The summed E-state index contributed by atoms with van der Waals surface area (Å²) >= 11 is 3.25. The summed E-state index contributed by atoms with van der Waals surface area (Å²) in [6, 6.07) is 18.3. The molecule has 1 aliphatic heterocycles. The van der Waals surface area contributed by atoms with Crippen LogP contribution in [0, 0.1) is 0 Å². The van der Waals surface area contributed by atoms with E-state index in [1.807, 2.05) is 30.3 Å². The first-order valence-corrected chi connectivity index (χ1v) is 14.1. The molecule has 2 aromatic carbocycles. The lowest BCUT2D eigenvalue weighted by molar-refractivity contribution is -0.0379. The van der Waals surface area contributed by atoms with Crippen molar-refractivity contribution >= 4 is 39.1 Å². The Morgan fingerprint density at radius 3 is 2.62 bits per heavy atom. The van der Waals surface area contributed by atoms with Crippen molar-refractivity contribution in [3.8, 4) is 5.75 Å². The molecule has 0 amide bonds. The van der Waals surface area contributed by atoms with Gasteiger partial charge in [0.1, 0.15) is 10.6 Å². The predicted octanol–water partition coefficient (Wildman–Crippen LogP) is 5.50. The molecule has 0 atom stereocenters. The summed E-state index contributed by atoms with van der Waals surface area (Å²) < 4.78 is 15.3. The Labute approximate surface area is 223 Å². The Morgan fingerprint density at radius 1 is 1.08 bits per heavy atom. The third-order valence-electron chi connectivity index (χ3n) is 6.78. The molecular weight excluding hydrogens is 504 g/mol. The monoisotopic (exact) mass is 532 g/mol. The number of aromatic nitrogens is 4. The van der Waals surface area contributed by atoms with E-state index in [0.29, 0.717) is 25.4 Å². The maximum Gasteiger partial charge on any atom is 0.263 e. The van der Waals surface area contributed by atoms with Gasteiger partial charge in [-0.3, -0.25) is 9.36 Å². The van der Waals surface area contributed by atoms with Crippen molar-refractivity contribution < 1.29 is 9.47 Å². The highest BCUT2D eigenvalue weighted by Gasteiger charge is 2.32. The average Bonchev–Trinajstić information content (AvgIpc) is 3.49. The second-order valence-corrected chi connectivity index (χ2v) is 11.9. The van der Waals surface area contributed by atoms with Crippen molar-refractivity contribution in [1.82, 2.24) is 19.2 Å². The number of hydrogen-bond donors (Lipinski definition) is 0. The Morgan fingerprint density at radius 2 is 1.86 bits per heavy atom. The molecule has 0 N–H and O–H groups in total. The van der Waals surface area contributed by atoms with Gasteiger partial charge in [0.05, 0.1) is 24.7 Å². The molecule has 3 aromatic heterocycles. The molecule has 0 bridgehead atoms. The molecule has 37 heavy (non-hydrogen) atoms. The maximum absolute atomic E-state index is 14.0. The van der Waals surface area contributed by atoms with Crippen LogP contribution in [0.25, 0.3) is 16.0 Å². The minimum Gasteiger partial charge on any atom is -0.497 e. The van der Waals surface area contributed by atoms with Crippen LogP contribution in [0.5, 0.6) is 5.75 Å². The van der Waals surface area contributed by atoms with E-state index in [2.05, 4.69) is 52.7 Å². The lowest BCUT2D eigenvalue weighted by Crippen LogP contribution is -2.32. The summed E-state index contributed by atoms with van der Waals surface area (Å²) in [5, 5.41) is 10.6. The zero-order valence-corrected chi connectivity index (χ0v) is 22.7. The first-order chi connectivity index (χ1) is 17.9. The Balaban J connectivity index is 1.46. The molecule has 0 saturated heterocycles. The minimum atomic E-state index is -0.309. The second kappa shape index (κ2) is 9.63. The van der Waals surface area contributed by atoms with E-state index in [0.717, 1.165) is 49.3 Å². The fourth-order valence-corrected chi connectivity index (χ4v) is 6.98. The number of rotatable bonds is 7. The van der Waals surface area contributed by atoms with Gasteiger partial charge in [-0.15, -0.1) is 21.5 Å². The van der Waals surface area contributed by atoms with E-state index in [4.69, 9.17) is 9.47 Å². The number of aryl methyl sites for hydroxylation is 2. The quantitative estimate of drug-likeness (QED) is 0.258. The largest absolute Gasteiger partial charge is 0.497 e. The van der Waals surface area contributed by atoms with Crippen LogP contribution < -0.4 is 10.3 Å². The van der Waals surface area contributed by atoms with Crippen LogP contribution in [0.3, 0.4) is 0 Å². The molecule has 0 aliphatic carbocycles. The van der Waals surface area contributed by atoms with Gasteiger partial charge in [0.25, 0.3) is 5.56 Å². The molecule has 1 aliphatic rings. The number of ether oxygens (including phenoxy) is 2. The molecular formula is C28H28N4O3S2. The fraction of sp³-hybridized carbons (Fsp3) is 0.321. The number of methoxy groups -OCH3 is 1. The third-order valence-corrected chi connectivity index (χ3v) is 8.97. The zero-order valence-electron chi connectivity index (χ0n) is 21.1. The molecule has 190 valence electrons. The molecule has 9 heteroatoms. The van der Waals surface area contributed by atoms with Crippen LogP contribution >= 0.6 is 23.1 Å². The third kappa shape index (κ3) is 4.56. The van der Waals surface area contributed by atoms with E-state index in [1.54, 1.807) is 34.8 Å². The first-order valence-electron chi connectivity index (χ1n) is 12.3. The average molecular weight is 533 g/mol. The van der Waals surface area contributed by atoms with Gasteiger partial charge in [0.2, 0.25) is 5.78 Å². The van der Waals surface area contributed by atoms with E-state index in [1.165, 1.54) is 5.56 Å². The van der Waals surface area contributed by atoms with Crippen LogP contribution in [-0.4, -0.2) is 31.9 Å². The molecule has 0 radical (unpaired) electrons. The Hall–Kier alpha value is -3.14. The molecule has 0 spiro atoms. The number of fused-ring (bicyclic) bond motifs is 5. The second-order valence-electron chi connectivity index (χ2n) is 9.86. The molecule has 0 saturated carbocycles. The van der Waals surface area contributed by atoms with E-state index < -0.39 is 0 Å². The highest BCUT2D eigenvalue weighted by Crippen LogP contribution is 2.39. The maximum atomic E-state index is 14.0. The van der Waals surface area contributed by atoms with Gasteiger partial charge in [-0.05, 0) is 49.1 Å². The highest BCUT2D eigenvalue weighted by molar-refractivity contribution is 7.98. The Kier molecular flexibility index (Phi) is 6.30. The van der Waals surface area contributed by atoms with Crippen molar-refractivity contribution in [1.29, 1.82) is 0 Å². The zero-order chi connectivity index (χ0) is 25.6. The van der Waals surface area contributed by atoms with Gasteiger partial charge in [0, 0.05) is 23.6 Å². The van der Waals surface area contributed by atoms with Crippen molar-refractivity contribution in [2.45, 2.75) is 56.4 Å². The fourth-order valence-electron chi connectivity index (χ4n) is 4.81. The number of hydrogen-bond acceptors (Lipinski definition) is 7. The van der Waals surface area contributed by atoms with Crippen LogP contribution in [0.4, 0.5) is 0 Å². The molecule has 0 fully saturated rings. The minimum absolute atomic E-state index is 0.00716. The van der Waals surface area contributed by atoms with Crippen LogP contribution in [-0.2, 0) is 36.5 Å². The number of thioether (sulfide) groups is 1. The molecule has 7 nitrogen and oxygen atoms in total. The van der Waals surface area contributed by atoms with Crippen molar-refractivity contribution in [2.24, 2.45) is 0 Å². The van der Waals surface area contributed by atoms with Crippen molar-refractivity contribution in [3.05, 3.63) is 86.5 Å². The summed E-state index contributed by atoms with van der Waals surface area (Å²) in [5.74, 6) is 2.15. The summed E-state index contributed by atoms with van der Waals surface area (Å²) in [6.07, 6.45) is 1.45. The van der Waals surface area contributed by atoms with Gasteiger partial charge < -0.3 is 9.47 Å². The molecule has 4 heterocycles. The van der Waals surface area contributed by atoms with E-state index >= 15 is 0 Å². The first kappa shape index (κ1) is 24.2. The van der Waals surface area contributed by atoms with Crippen molar-refractivity contribution in [3.63, 3.8) is 0 Å². The van der Waals surface area contributed by atoms with Crippen molar-refractivity contribution in [2.75, 3.05) is 7.11 Å². The number of benzene rings is 2. The molecule has 6 rings (SSSR count). The van der Waals surface area contributed by atoms with E-state index in [-0.39, 0.29) is 11.2 Å². The van der Waals surface area contributed by atoms with Gasteiger partial charge in [-0.1, -0.05) is 54.2 Å². The van der Waals surface area contributed by atoms with Gasteiger partial charge >= 0.3 is 0 Å². The molecule has 5 aromatic rings. The Bertz CT molecular complexity index is 1640. The number of thiophene rings is 1. The topological polar surface area (TPSA) is 70.7 Å².